The Morgan fingerprint density at radius 2 is 2.10 bits per heavy atom. The molecule has 1 atom stereocenters. The predicted molar refractivity (Wildman–Crippen MR) is 76.6 cm³/mol. The number of hydrogen-bond acceptors (Lipinski definition) is 4. The van der Waals surface area contributed by atoms with E-state index in [1.165, 1.54) is 12.0 Å². The van der Waals surface area contributed by atoms with Gasteiger partial charge in [0, 0.05) is 20.2 Å². The van der Waals surface area contributed by atoms with Crippen molar-refractivity contribution in [1.82, 2.24) is 10.2 Å². The van der Waals surface area contributed by atoms with E-state index in [2.05, 4.69) is 5.32 Å². The van der Waals surface area contributed by atoms with Gasteiger partial charge < -0.3 is 14.8 Å². The van der Waals surface area contributed by atoms with E-state index in [0.717, 1.165) is 5.56 Å². The number of hydrogen-bond donors (Lipinski definition) is 1. The van der Waals surface area contributed by atoms with Gasteiger partial charge in [0.15, 0.2) is 0 Å². The molecule has 1 N–H and O–H groups in total. The van der Waals surface area contributed by atoms with Gasteiger partial charge in [0.05, 0.1) is 6.61 Å². The lowest BCUT2D eigenvalue weighted by Crippen LogP contribution is -2.66. The second kappa shape index (κ2) is 6.58. The van der Waals surface area contributed by atoms with Gasteiger partial charge in [0.25, 0.3) is 0 Å². The molecule has 1 aromatic rings. The minimum absolute atomic E-state index is 0.124. The van der Waals surface area contributed by atoms with E-state index < -0.39 is 11.6 Å². The number of benzene rings is 1. The first-order chi connectivity index (χ1) is 10.1. The third kappa shape index (κ3) is 3.33. The summed E-state index contributed by atoms with van der Waals surface area (Å²) >= 11 is 0. The summed E-state index contributed by atoms with van der Waals surface area (Å²) in [6.07, 6.45) is -0.506. The molecule has 21 heavy (non-hydrogen) atoms. The summed E-state index contributed by atoms with van der Waals surface area (Å²) in [5.41, 5.74) is -0.137. The molecule has 1 fully saturated rings. The molecule has 114 valence electrons. The average Bonchev–Trinajstić information content (AvgIpc) is 2.49. The minimum Gasteiger partial charge on any atom is -0.445 e. The van der Waals surface area contributed by atoms with E-state index in [4.69, 9.17) is 9.47 Å². The molecule has 1 heterocycles. The highest BCUT2D eigenvalue weighted by Gasteiger charge is 2.45. The van der Waals surface area contributed by atoms with Crippen LogP contribution in [-0.4, -0.2) is 49.2 Å². The number of rotatable bonds is 4. The number of nitrogens with one attached hydrogen (secondary N) is 1. The predicted octanol–water partition coefficient (Wildman–Crippen LogP) is 1.16. The molecule has 2 amide bonds. The van der Waals surface area contributed by atoms with E-state index in [9.17, 15) is 9.59 Å². The third-order valence-corrected chi connectivity index (χ3v) is 3.56. The van der Waals surface area contributed by atoms with Crippen LogP contribution in [0.4, 0.5) is 4.79 Å². The van der Waals surface area contributed by atoms with Gasteiger partial charge in [-0.2, -0.15) is 0 Å². The first kappa shape index (κ1) is 15.3. The van der Waals surface area contributed by atoms with E-state index in [1.807, 2.05) is 30.3 Å². The van der Waals surface area contributed by atoms with Gasteiger partial charge >= 0.3 is 6.09 Å². The van der Waals surface area contributed by atoms with Crippen molar-refractivity contribution in [2.45, 2.75) is 19.1 Å². The van der Waals surface area contributed by atoms with E-state index in [0.29, 0.717) is 13.1 Å². The molecule has 0 bridgehead atoms. The monoisotopic (exact) mass is 292 g/mol. The van der Waals surface area contributed by atoms with Crippen LogP contribution in [0.25, 0.3) is 0 Å². The number of amides is 2. The lowest BCUT2D eigenvalue weighted by Gasteiger charge is -2.42. The smallest absolute Gasteiger partial charge is 0.411 e. The number of carbonyl (C=O) groups is 2. The Morgan fingerprint density at radius 1 is 1.38 bits per heavy atom. The van der Waals surface area contributed by atoms with Crippen LogP contribution in [0.15, 0.2) is 30.3 Å². The fraction of sp³-hybridized carbons (Fsp3) is 0.467. The molecule has 1 aliphatic heterocycles. The van der Waals surface area contributed by atoms with Crippen molar-refractivity contribution in [2.24, 2.45) is 0 Å². The van der Waals surface area contributed by atoms with Crippen molar-refractivity contribution in [3.8, 4) is 0 Å². The fourth-order valence-corrected chi connectivity index (χ4v) is 2.36. The van der Waals surface area contributed by atoms with Crippen LogP contribution in [0.3, 0.4) is 0 Å². The summed E-state index contributed by atoms with van der Waals surface area (Å²) in [5.74, 6) is -0.229. The standard InChI is InChI=1S/C15H20N2O4/c1-15(11-20-2)13(18)16-8-9-17(15)14(19)21-10-12-6-4-3-5-7-12/h3-7H,8-11H2,1-2H3,(H,16,18). The molecule has 0 saturated carbocycles. The van der Waals surface area contributed by atoms with Gasteiger partial charge in [-0.25, -0.2) is 4.79 Å². The first-order valence-corrected chi connectivity index (χ1v) is 6.83. The van der Waals surface area contributed by atoms with E-state index in [-0.39, 0.29) is 19.1 Å². The number of carbonyl (C=O) groups excluding carboxylic acids is 2. The second-order valence-corrected chi connectivity index (χ2v) is 5.15. The Morgan fingerprint density at radius 3 is 2.76 bits per heavy atom. The number of methoxy groups -OCH3 is 1. The zero-order valence-electron chi connectivity index (χ0n) is 12.3. The topological polar surface area (TPSA) is 67.9 Å². The molecule has 6 heteroatoms. The molecule has 0 aliphatic carbocycles. The van der Waals surface area contributed by atoms with E-state index >= 15 is 0 Å². The van der Waals surface area contributed by atoms with Crippen molar-refractivity contribution >= 4 is 12.0 Å². The quantitative estimate of drug-likeness (QED) is 0.904. The van der Waals surface area contributed by atoms with Crippen molar-refractivity contribution in [3.63, 3.8) is 0 Å². The lowest BCUT2D eigenvalue weighted by atomic mass is 9.98. The highest BCUT2D eigenvalue weighted by molar-refractivity contribution is 5.90. The highest BCUT2D eigenvalue weighted by atomic mass is 16.6. The highest BCUT2D eigenvalue weighted by Crippen LogP contribution is 2.20. The molecule has 1 saturated heterocycles. The van der Waals surface area contributed by atoms with Gasteiger partial charge in [0.2, 0.25) is 5.91 Å². The van der Waals surface area contributed by atoms with Crippen molar-refractivity contribution in [1.29, 1.82) is 0 Å². The molecule has 0 aromatic heterocycles. The van der Waals surface area contributed by atoms with Gasteiger partial charge in [0.1, 0.15) is 12.1 Å². The summed E-state index contributed by atoms with van der Waals surface area (Å²) < 4.78 is 10.4. The molecule has 0 radical (unpaired) electrons. The second-order valence-electron chi connectivity index (χ2n) is 5.15. The van der Waals surface area contributed by atoms with Crippen LogP contribution < -0.4 is 5.32 Å². The Labute approximate surface area is 124 Å². The molecular formula is C15H20N2O4. The summed E-state index contributed by atoms with van der Waals surface area (Å²) in [5, 5.41) is 2.75. The largest absolute Gasteiger partial charge is 0.445 e. The molecule has 0 spiro atoms. The summed E-state index contributed by atoms with van der Waals surface area (Å²) in [7, 11) is 1.50. The average molecular weight is 292 g/mol. The van der Waals surface area contributed by atoms with Crippen LogP contribution in [0.2, 0.25) is 0 Å². The lowest BCUT2D eigenvalue weighted by molar-refractivity contribution is -0.138. The van der Waals surface area contributed by atoms with E-state index in [1.54, 1.807) is 6.92 Å². The minimum atomic E-state index is -1.04. The van der Waals surface area contributed by atoms with Crippen molar-refractivity contribution in [2.75, 3.05) is 26.8 Å². The molecule has 6 nitrogen and oxygen atoms in total. The zero-order valence-corrected chi connectivity index (χ0v) is 12.3. The van der Waals surface area contributed by atoms with Gasteiger partial charge in [-0.1, -0.05) is 30.3 Å². The first-order valence-electron chi connectivity index (χ1n) is 6.83. The third-order valence-electron chi connectivity index (χ3n) is 3.56. The zero-order chi connectivity index (χ0) is 15.3. The van der Waals surface area contributed by atoms with Crippen LogP contribution in [0.5, 0.6) is 0 Å². The maximum atomic E-state index is 12.3. The summed E-state index contributed by atoms with van der Waals surface area (Å²) in [6, 6.07) is 9.42. The van der Waals surface area contributed by atoms with Crippen LogP contribution >= 0.6 is 0 Å². The van der Waals surface area contributed by atoms with Crippen molar-refractivity contribution in [3.05, 3.63) is 35.9 Å². The molecule has 1 aliphatic rings. The summed E-state index contributed by atoms with van der Waals surface area (Å²) in [6.45, 7) is 2.80. The van der Waals surface area contributed by atoms with Gasteiger partial charge in [-0.05, 0) is 12.5 Å². The molecule has 1 aromatic carbocycles. The molecular weight excluding hydrogens is 272 g/mol. The Bertz CT molecular complexity index is 506. The SMILES string of the molecule is COCC1(C)C(=O)NCCN1C(=O)OCc1ccccc1. The van der Waals surface area contributed by atoms with Crippen molar-refractivity contribution < 1.29 is 19.1 Å². The number of ether oxygens (including phenoxy) is 2. The van der Waals surface area contributed by atoms with Crippen LogP contribution in [0.1, 0.15) is 12.5 Å². The molecule has 1 unspecified atom stereocenters. The Kier molecular flexibility index (Phi) is 4.80. The summed E-state index contributed by atoms with van der Waals surface area (Å²) in [4.78, 5) is 25.8. The maximum Gasteiger partial charge on any atom is 0.411 e. The van der Waals surface area contributed by atoms with Gasteiger partial charge in [-0.3, -0.25) is 9.69 Å². The van der Waals surface area contributed by atoms with Gasteiger partial charge in [-0.15, -0.1) is 0 Å². The Hall–Kier alpha value is -2.08. The van der Waals surface area contributed by atoms with Crippen LogP contribution in [0, 0.1) is 0 Å². The Balaban J connectivity index is 2.04. The number of nitrogens with zero attached hydrogens (tertiary/aromatic N) is 1. The fourth-order valence-electron chi connectivity index (χ4n) is 2.36. The maximum absolute atomic E-state index is 12.3. The normalized spacial score (nSPS) is 21.8. The number of piperazine rings is 1. The van der Waals surface area contributed by atoms with Crippen LogP contribution in [-0.2, 0) is 20.9 Å². The molecule has 2 rings (SSSR count).